The maximum Gasteiger partial charge on any atom is 0.241 e. The molecule has 1 fully saturated rings. The van der Waals surface area contributed by atoms with Crippen LogP contribution in [0.2, 0.25) is 5.02 Å². The number of carbonyl (C=O) groups is 1. The van der Waals surface area contributed by atoms with Crippen molar-refractivity contribution in [3.05, 3.63) is 70.2 Å². The minimum atomic E-state index is -0.628. The third kappa shape index (κ3) is 4.10. The van der Waals surface area contributed by atoms with E-state index in [-0.39, 0.29) is 23.7 Å². The monoisotopic (exact) mass is 364 g/mol. The number of halogens is 2. The Hall–Kier alpha value is -1.55. The predicted molar refractivity (Wildman–Crippen MR) is 101 cm³/mol. The van der Waals surface area contributed by atoms with Crippen LogP contribution in [-0.4, -0.2) is 12.5 Å². The first-order chi connectivity index (χ1) is 11.0. The van der Waals surface area contributed by atoms with Crippen molar-refractivity contribution in [3.8, 4) is 0 Å². The quantitative estimate of drug-likeness (QED) is 0.844. The summed E-state index contributed by atoms with van der Waals surface area (Å²) in [4.78, 5) is 12.3. The highest BCUT2D eigenvalue weighted by Crippen LogP contribution is 2.47. The van der Waals surface area contributed by atoms with E-state index in [0.717, 1.165) is 29.0 Å². The number of rotatable bonds is 5. The third-order valence-corrected chi connectivity index (χ3v) is 4.88. The molecule has 1 aliphatic rings. The molecule has 3 rings (SSSR count). The number of hydrogen-bond donors (Lipinski definition) is 2. The van der Waals surface area contributed by atoms with Crippen LogP contribution in [0.25, 0.3) is 0 Å². The highest BCUT2D eigenvalue weighted by Gasteiger charge is 2.44. The van der Waals surface area contributed by atoms with Crippen molar-refractivity contribution in [1.29, 1.82) is 0 Å². The van der Waals surface area contributed by atoms with Crippen LogP contribution in [0, 0.1) is 6.92 Å². The summed E-state index contributed by atoms with van der Waals surface area (Å²) >= 11 is 5.94. The van der Waals surface area contributed by atoms with Crippen LogP contribution in [0.4, 0.5) is 0 Å². The first-order valence-corrected chi connectivity index (χ1v) is 8.24. The number of hydrogen-bond acceptors (Lipinski definition) is 2. The normalized spacial score (nSPS) is 16.0. The summed E-state index contributed by atoms with van der Waals surface area (Å²) in [5.41, 5.74) is 9.34. The molecule has 128 valence electrons. The Morgan fingerprint density at radius 3 is 2.29 bits per heavy atom. The van der Waals surface area contributed by atoms with Crippen LogP contribution in [0.3, 0.4) is 0 Å². The minimum Gasteiger partial charge on any atom is -0.354 e. The number of amides is 1. The molecule has 5 heteroatoms. The van der Waals surface area contributed by atoms with Crippen molar-refractivity contribution >= 4 is 29.9 Å². The standard InChI is InChI=1S/C19H21ClN2O.ClH/c1-13-2-4-14(5-3-13)17(21)18(23)22-12-19(10-11-19)15-6-8-16(20)9-7-15;/h2-9,17H,10-12,21H2,1H3,(H,22,23);1H. The summed E-state index contributed by atoms with van der Waals surface area (Å²) < 4.78 is 0. The lowest BCUT2D eigenvalue weighted by atomic mass is 9.95. The molecular weight excluding hydrogens is 343 g/mol. The van der Waals surface area contributed by atoms with Crippen LogP contribution >= 0.6 is 24.0 Å². The van der Waals surface area contributed by atoms with E-state index in [1.165, 1.54) is 5.56 Å². The lowest BCUT2D eigenvalue weighted by Crippen LogP contribution is -2.38. The molecule has 2 aromatic rings. The van der Waals surface area contributed by atoms with Gasteiger partial charge in [-0.05, 0) is 43.0 Å². The minimum absolute atomic E-state index is 0. The Labute approximate surface area is 154 Å². The SMILES string of the molecule is Cc1ccc(C(N)C(=O)NCC2(c3ccc(Cl)cc3)CC2)cc1.Cl. The third-order valence-electron chi connectivity index (χ3n) is 4.63. The van der Waals surface area contributed by atoms with Crippen molar-refractivity contribution in [1.82, 2.24) is 5.32 Å². The van der Waals surface area contributed by atoms with Gasteiger partial charge in [0.05, 0.1) is 0 Å². The highest BCUT2D eigenvalue weighted by molar-refractivity contribution is 6.30. The van der Waals surface area contributed by atoms with Gasteiger partial charge < -0.3 is 11.1 Å². The molecule has 1 saturated carbocycles. The Balaban J connectivity index is 0.00000208. The molecule has 0 saturated heterocycles. The van der Waals surface area contributed by atoms with Crippen LogP contribution in [-0.2, 0) is 10.2 Å². The molecule has 0 heterocycles. The Bertz CT molecular complexity index is 694. The highest BCUT2D eigenvalue weighted by atomic mass is 35.5. The van der Waals surface area contributed by atoms with E-state index in [1.807, 2.05) is 55.5 Å². The zero-order valence-electron chi connectivity index (χ0n) is 13.6. The van der Waals surface area contributed by atoms with E-state index in [1.54, 1.807) is 0 Å². The van der Waals surface area contributed by atoms with Crippen LogP contribution in [0.15, 0.2) is 48.5 Å². The van der Waals surface area contributed by atoms with Crippen molar-refractivity contribution in [2.24, 2.45) is 5.73 Å². The predicted octanol–water partition coefficient (Wildman–Crippen LogP) is 3.92. The van der Waals surface area contributed by atoms with Gasteiger partial charge in [0.15, 0.2) is 0 Å². The fraction of sp³-hybridized carbons (Fsp3) is 0.316. The second kappa shape index (κ2) is 7.56. The molecule has 0 aliphatic heterocycles. The Morgan fingerprint density at radius 1 is 1.17 bits per heavy atom. The van der Waals surface area contributed by atoms with Gasteiger partial charge in [-0.15, -0.1) is 12.4 Å². The molecule has 1 unspecified atom stereocenters. The first-order valence-electron chi connectivity index (χ1n) is 7.86. The van der Waals surface area contributed by atoms with Gasteiger partial charge in [0.25, 0.3) is 0 Å². The Kier molecular flexibility index (Phi) is 5.92. The van der Waals surface area contributed by atoms with Crippen LogP contribution in [0.1, 0.15) is 35.6 Å². The van der Waals surface area contributed by atoms with Gasteiger partial charge in [-0.1, -0.05) is 53.6 Å². The van der Waals surface area contributed by atoms with Crippen LogP contribution in [0.5, 0.6) is 0 Å². The summed E-state index contributed by atoms with van der Waals surface area (Å²) in [5, 5.41) is 3.75. The van der Waals surface area contributed by atoms with Crippen molar-refractivity contribution < 1.29 is 4.79 Å². The van der Waals surface area contributed by atoms with Gasteiger partial charge in [-0.2, -0.15) is 0 Å². The van der Waals surface area contributed by atoms with E-state index in [9.17, 15) is 4.79 Å². The van der Waals surface area contributed by atoms with Gasteiger partial charge in [-0.25, -0.2) is 0 Å². The molecular formula is C19H22Cl2N2O. The molecule has 2 aromatic carbocycles. The number of aryl methyl sites for hydroxylation is 1. The maximum atomic E-state index is 12.3. The Morgan fingerprint density at radius 2 is 1.75 bits per heavy atom. The molecule has 1 aliphatic carbocycles. The smallest absolute Gasteiger partial charge is 0.241 e. The zero-order valence-corrected chi connectivity index (χ0v) is 15.2. The van der Waals surface area contributed by atoms with E-state index < -0.39 is 6.04 Å². The topological polar surface area (TPSA) is 55.1 Å². The van der Waals surface area contributed by atoms with Gasteiger partial charge in [0.1, 0.15) is 6.04 Å². The second-order valence-corrected chi connectivity index (χ2v) is 6.83. The lowest BCUT2D eigenvalue weighted by Gasteiger charge is -2.19. The largest absolute Gasteiger partial charge is 0.354 e. The van der Waals surface area contributed by atoms with Gasteiger partial charge in [0, 0.05) is 17.0 Å². The summed E-state index contributed by atoms with van der Waals surface area (Å²) in [6, 6.07) is 15.0. The number of carbonyl (C=O) groups excluding carboxylic acids is 1. The molecule has 24 heavy (non-hydrogen) atoms. The molecule has 3 nitrogen and oxygen atoms in total. The summed E-state index contributed by atoms with van der Waals surface area (Å²) in [7, 11) is 0. The van der Waals surface area contributed by atoms with Gasteiger partial charge in [-0.3, -0.25) is 4.79 Å². The van der Waals surface area contributed by atoms with Crippen LogP contribution < -0.4 is 11.1 Å². The molecule has 1 atom stereocenters. The number of benzene rings is 2. The second-order valence-electron chi connectivity index (χ2n) is 6.39. The fourth-order valence-electron chi connectivity index (χ4n) is 2.81. The van der Waals surface area contributed by atoms with Gasteiger partial charge >= 0.3 is 0 Å². The number of nitrogens with one attached hydrogen (secondary N) is 1. The van der Waals surface area contributed by atoms with Gasteiger partial charge in [0.2, 0.25) is 5.91 Å². The molecule has 0 spiro atoms. The van der Waals surface area contributed by atoms with E-state index >= 15 is 0 Å². The van der Waals surface area contributed by atoms with Crippen molar-refractivity contribution in [2.75, 3.05) is 6.54 Å². The first kappa shape index (κ1) is 18.8. The summed E-state index contributed by atoms with van der Waals surface area (Å²) in [5.74, 6) is -0.130. The van der Waals surface area contributed by atoms with E-state index in [0.29, 0.717) is 6.54 Å². The molecule has 1 amide bonds. The fourth-order valence-corrected chi connectivity index (χ4v) is 2.94. The molecule has 0 aromatic heterocycles. The van der Waals surface area contributed by atoms with E-state index in [2.05, 4.69) is 5.32 Å². The zero-order chi connectivity index (χ0) is 16.4. The summed E-state index contributed by atoms with van der Waals surface area (Å²) in [6.45, 7) is 2.63. The molecule has 0 radical (unpaired) electrons. The molecule has 3 N–H and O–H groups in total. The van der Waals surface area contributed by atoms with E-state index in [4.69, 9.17) is 17.3 Å². The maximum absolute atomic E-state index is 12.3. The van der Waals surface area contributed by atoms with Crippen molar-refractivity contribution in [2.45, 2.75) is 31.2 Å². The lowest BCUT2D eigenvalue weighted by molar-refractivity contribution is -0.122. The van der Waals surface area contributed by atoms with Crippen molar-refractivity contribution in [3.63, 3.8) is 0 Å². The average Bonchev–Trinajstić information content (AvgIpc) is 3.34. The molecule has 0 bridgehead atoms. The average molecular weight is 365 g/mol. The summed E-state index contributed by atoms with van der Waals surface area (Å²) in [6.07, 6.45) is 2.16. The number of nitrogens with two attached hydrogens (primary N) is 1.